The predicted octanol–water partition coefficient (Wildman–Crippen LogP) is 2.85. The van der Waals surface area contributed by atoms with Crippen molar-refractivity contribution < 1.29 is 4.74 Å². The second-order valence-electron chi connectivity index (χ2n) is 4.77. The third-order valence-electron chi connectivity index (χ3n) is 2.71. The topological polar surface area (TPSA) is 9.23 Å². The Morgan fingerprint density at radius 1 is 1.27 bits per heavy atom. The molecule has 0 radical (unpaired) electrons. The molecule has 1 saturated heterocycles. The van der Waals surface area contributed by atoms with Crippen LogP contribution in [0.4, 0.5) is 0 Å². The quantitative estimate of drug-likeness (QED) is 0.524. The first-order valence-corrected chi connectivity index (χ1v) is 4.62. The van der Waals surface area contributed by atoms with Crippen LogP contribution in [-0.2, 0) is 4.74 Å². The molecule has 0 saturated carbocycles. The van der Waals surface area contributed by atoms with E-state index in [-0.39, 0.29) is 0 Å². The summed E-state index contributed by atoms with van der Waals surface area (Å²) in [5, 5.41) is 0. The van der Waals surface area contributed by atoms with Crippen LogP contribution in [0.25, 0.3) is 0 Å². The Kier molecular flexibility index (Phi) is 2.58. The fraction of sp³-hybridized carbons (Fsp3) is 1.00. The van der Waals surface area contributed by atoms with Gasteiger partial charge in [0.15, 0.2) is 0 Å². The monoisotopic (exact) mass is 156 g/mol. The van der Waals surface area contributed by atoms with Gasteiger partial charge in [0, 0.05) is 6.61 Å². The molecule has 0 spiro atoms. The molecule has 1 rings (SSSR count). The van der Waals surface area contributed by atoms with Crippen molar-refractivity contribution in [2.45, 2.75) is 46.6 Å². The molecule has 1 aliphatic rings. The van der Waals surface area contributed by atoms with Gasteiger partial charge in [-0.05, 0) is 31.1 Å². The average molecular weight is 156 g/mol. The van der Waals surface area contributed by atoms with E-state index in [1.165, 1.54) is 12.8 Å². The maximum Gasteiger partial charge on any atom is 0.0549 e. The first-order chi connectivity index (χ1) is 5.00. The molecule has 1 aliphatic heterocycles. The molecule has 0 aliphatic carbocycles. The van der Waals surface area contributed by atoms with Gasteiger partial charge in [-0.1, -0.05) is 20.8 Å². The lowest BCUT2D eigenvalue weighted by molar-refractivity contribution is -0.0248. The first kappa shape index (κ1) is 9.05. The summed E-state index contributed by atoms with van der Waals surface area (Å²) >= 11 is 0. The van der Waals surface area contributed by atoms with Crippen molar-refractivity contribution in [1.29, 1.82) is 0 Å². The van der Waals surface area contributed by atoms with Gasteiger partial charge >= 0.3 is 0 Å². The van der Waals surface area contributed by atoms with Crippen LogP contribution in [0.5, 0.6) is 0 Å². The number of hydrogen-bond donors (Lipinski definition) is 0. The molecule has 0 amide bonds. The standard InChI is InChI=1S/C10H20O/c1-8-7-9(5-6-11-8)10(2,3)4/h8-9H,5-7H2,1-4H3/t8-,9+/m1/s1. The molecule has 0 N–H and O–H groups in total. The van der Waals surface area contributed by atoms with Gasteiger partial charge in [-0.15, -0.1) is 0 Å². The van der Waals surface area contributed by atoms with E-state index in [1.807, 2.05) is 0 Å². The zero-order valence-electron chi connectivity index (χ0n) is 8.18. The molecule has 11 heavy (non-hydrogen) atoms. The van der Waals surface area contributed by atoms with Crippen molar-refractivity contribution in [2.75, 3.05) is 6.61 Å². The highest BCUT2D eigenvalue weighted by atomic mass is 16.5. The molecule has 0 bridgehead atoms. The molecule has 2 atom stereocenters. The largest absolute Gasteiger partial charge is 0.378 e. The molecule has 0 aromatic rings. The van der Waals surface area contributed by atoms with Crippen LogP contribution in [-0.4, -0.2) is 12.7 Å². The van der Waals surface area contributed by atoms with E-state index in [0.717, 1.165) is 12.5 Å². The summed E-state index contributed by atoms with van der Waals surface area (Å²) in [7, 11) is 0. The number of rotatable bonds is 0. The Hall–Kier alpha value is -0.0400. The lowest BCUT2D eigenvalue weighted by Gasteiger charge is -2.36. The first-order valence-electron chi connectivity index (χ1n) is 4.62. The Morgan fingerprint density at radius 2 is 1.91 bits per heavy atom. The van der Waals surface area contributed by atoms with Gasteiger partial charge in [0.1, 0.15) is 0 Å². The predicted molar refractivity (Wildman–Crippen MR) is 47.6 cm³/mol. The van der Waals surface area contributed by atoms with Gasteiger partial charge in [-0.25, -0.2) is 0 Å². The lowest BCUT2D eigenvalue weighted by atomic mass is 9.75. The van der Waals surface area contributed by atoms with Crippen LogP contribution in [0.15, 0.2) is 0 Å². The SMILES string of the molecule is C[C@@H]1C[C@@H](C(C)(C)C)CCO1. The van der Waals surface area contributed by atoms with E-state index in [4.69, 9.17) is 4.74 Å². The summed E-state index contributed by atoms with van der Waals surface area (Å²) < 4.78 is 5.50. The van der Waals surface area contributed by atoms with Crippen molar-refractivity contribution >= 4 is 0 Å². The lowest BCUT2D eigenvalue weighted by Crippen LogP contribution is -2.31. The Bertz CT molecular complexity index is 123. The van der Waals surface area contributed by atoms with E-state index >= 15 is 0 Å². The highest BCUT2D eigenvalue weighted by molar-refractivity contribution is 4.78. The van der Waals surface area contributed by atoms with Crippen molar-refractivity contribution in [1.82, 2.24) is 0 Å². The summed E-state index contributed by atoms with van der Waals surface area (Å²) in [6, 6.07) is 0. The minimum atomic E-state index is 0.470. The van der Waals surface area contributed by atoms with Gasteiger partial charge in [-0.2, -0.15) is 0 Å². The van der Waals surface area contributed by atoms with E-state index < -0.39 is 0 Å². The molecule has 0 aromatic heterocycles. The van der Waals surface area contributed by atoms with Gasteiger partial charge in [0.2, 0.25) is 0 Å². The van der Waals surface area contributed by atoms with Crippen molar-refractivity contribution in [3.63, 3.8) is 0 Å². The number of ether oxygens (including phenoxy) is 1. The zero-order chi connectivity index (χ0) is 8.48. The van der Waals surface area contributed by atoms with E-state index in [0.29, 0.717) is 11.5 Å². The summed E-state index contributed by atoms with van der Waals surface area (Å²) in [6.45, 7) is 10.1. The van der Waals surface area contributed by atoms with Crippen molar-refractivity contribution in [3.8, 4) is 0 Å². The Balaban J connectivity index is 2.46. The molecule has 0 unspecified atom stereocenters. The van der Waals surface area contributed by atoms with Gasteiger partial charge < -0.3 is 4.74 Å². The van der Waals surface area contributed by atoms with Crippen LogP contribution in [0.2, 0.25) is 0 Å². The molecule has 1 heterocycles. The second kappa shape index (κ2) is 3.14. The Labute approximate surface area is 70.1 Å². The minimum Gasteiger partial charge on any atom is -0.378 e. The second-order valence-corrected chi connectivity index (χ2v) is 4.77. The molecular weight excluding hydrogens is 136 g/mol. The molecule has 0 aromatic carbocycles. The van der Waals surface area contributed by atoms with Crippen LogP contribution >= 0.6 is 0 Å². The molecular formula is C10H20O. The summed E-state index contributed by atoms with van der Waals surface area (Å²) in [4.78, 5) is 0. The molecule has 1 fully saturated rings. The highest BCUT2D eigenvalue weighted by Gasteiger charge is 2.29. The minimum absolute atomic E-state index is 0.470. The fourth-order valence-corrected chi connectivity index (χ4v) is 1.78. The van der Waals surface area contributed by atoms with Gasteiger partial charge in [0.25, 0.3) is 0 Å². The summed E-state index contributed by atoms with van der Waals surface area (Å²) in [6.07, 6.45) is 2.96. The van der Waals surface area contributed by atoms with Crippen LogP contribution in [0, 0.1) is 11.3 Å². The average Bonchev–Trinajstić information content (AvgIpc) is 1.86. The fourth-order valence-electron chi connectivity index (χ4n) is 1.78. The van der Waals surface area contributed by atoms with Crippen molar-refractivity contribution in [3.05, 3.63) is 0 Å². The van der Waals surface area contributed by atoms with E-state index in [1.54, 1.807) is 0 Å². The van der Waals surface area contributed by atoms with E-state index in [2.05, 4.69) is 27.7 Å². The third kappa shape index (κ3) is 2.48. The third-order valence-corrected chi connectivity index (χ3v) is 2.71. The maximum atomic E-state index is 5.50. The summed E-state index contributed by atoms with van der Waals surface area (Å²) in [5.74, 6) is 0.853. The highest BCUT2D eigenvalue weighted by Crippen LogP contribution is 2.35. The Morgan fingerprint density at radius 3 is 2.27 bits per heavy atom. The van der Waals surface area contributed by atoms with Crippen LogP contribution in [0.3, 0.4) is 0 Å². The van der Waals surface area contributed by atoms with Crippen molar-refractivity contribution in [2.24, 2.45) is 11.3 Å². The smallest absolute Gasteiger partial charge is 0.0549 e. The zero-order valence-corrected chi connectivity index (χ0v) is 8.18. The summed E-state index contributed by atoms with van der Waals surface area (Å²) in [5.41, 5.74) is 0.470. The van der Waals surface area contributed by atoms with Crippen LogP contribution in [0.1, 0.15) is 40.5 Å². The van der Waals surface area contributed by atoms with Gasteiger partial charge in [-0.3, -0.25) is 0 Å². The van der Waals surface area contributed by atoms with E-state index in [9.17, 15) is 0 Å². The van der Waals surface area contributed by atoms with Gasteiger partial charge in [0.05, 0.1) is 6.10 Å². The number of hydrogen-bond acceptors (Lipinski definition) is 1. The van der Waals surface area contributed by atoms with Crippen LogP contribution < -0.4 is 0 Å². The molecule has 1 heteroatoms. The molecule has 66 valence electrons. The maximum absolute atomic E-state index is 5.50. The normalized spacial score (nSPS) is 33.8. The molecule has 1 nitrogen and oxygen atoms in total.